The predicted octanol–water partition coefficient (Wildman–Crippen LogP) is 5.15. The minimum atomic E-state index is -7.39. The number of halogens is 11. The third-order valence-electron chi connectivity index (χ3n) is 2.57. The van der Waals surface area contributed by atoms with Crippen LogP contribution < -0.4 is 0 Å². The van der Waals surface area contributed by atoms with Crippen molar-refractivity contribution >= 4 is 16.9 Å². The smallest absolute Gasteiger partial charge is 0.287 e. The Hall–Kier alpha value is -0.750. The monoisotopic (exact) mass is 386 g/mol. The van der Waals surface area contributed by atoms with Crippen LogP contribution in [0.5, 0.6) is 0 Å². The van der Waals surface area contributed by atoms with Crippen molar-refractivity contribution in [2.24, 2.45) is 0 Å². The molecule has 0 rings (SSSR count). The first kappa shape index (κ1) is 22.2. The van der Waals surface area contributed by atoms with E-state index in [9.17, 15) is 53.1 Å². The highest BCUT2D eigenvalue weighted by molar-refractivity contribution is 8.13. The van der Waals surface area contributed by atoms with Crippen molar-refractivity contribution in [1.29, 1.82) is 0 Å². The highest BCUT2D eigenvalue weighted by Gasteiger charge is 2.86. The van der Waals surface area contributed by atoms with Gasteiger partial charge >= 0.3 is 29.9 Å². The minimum absolute atomic E-state index is 0.0362. The Balaban J connectivity index is 5.45. The van der Waals surface area contributed by atoms with Crippen LogP contribution in [0, 0.1) is 0 Å². The van der Waals surface area contributed by atoms with Gasteiger partial charge in [0.1, 0.15) is 0 Å². The molecule has 23 heavy (non-hydrogen) atoms. The number of carbonyl (C=O) groups is 1. The first-order chi connectivity index (χ1) is 9.95. The van der Waals surface area contributed by atoms with Crippen molar-refractivity contribution in [1.82, 2.24) is 0 Å². The molecular weight excluding hydrogens is 377 g/mol. The van der Waals surface area contributed by atoms with Gasteiger partial charge in [-0.05, 0) is 0 Å². The molecule has 0 radical (unpaired) electrons. The molecule has 0 aliphatic carbocycles. The van der Waals surface area contributed by atoms with E-state index in [2.05, 4.69) is 0 Å². The molecule has 0 aromatic rings. The molecule has 0 amide bonds. The summed E-state index contributed by atoms with van der Waals surface area (Å²) < 4.78 is 138. The van der Waals surface area contributed by atoms with Crippen molar-refractivity contribution in [3.05, 3.63) is 0 Å². The summed E-state index contributed by atoms with van der Waals surface area (Å²) >= 11 is 0.0362. The summed E-state index contributed by atoms with van der Waals surface area (Å²) in [6.45, 7) is 1.26. The predicted molar refractivity (Wildman–Crippen MR) is 58.2 cm³/mol. The van der Waals surface area contributed by atoms with E-state index >= 15 is 0 Å². The number of hydrogen-bond acceptors (Lipinski definition) is 2. The van der Waals surface area contributed by atoms with Gasteiger partial charge in [-0.1, -0.05) is 18.7 Å². The van der Waals surface area contributed by atoms with E-state index in [1.54, 1.807) is 0 Å². The lowest BCUT2D eigenvalue weighted by atomic mass is 9.96. The molecule has 0 aliphatic heterocycles. The fourth-order valence-electron chi connectivity index (χ4n) is 1.16. The largest absolute Gasteiger partial charge is 0.460 e. The van der Waals surface area contributed by atoms with E-state index in [4.69, 9.17) is 0 Å². The summed E-state index contributed by atoms with van der Waals surface area (Å²) in [5.41, 5.74) is 0. The highest BCUT2D eigenvalue weighted by atomic mass is 32.2. The third-order valence-corrected chi connectivity index (χ3v) is 3.59. The molecule has 0 bridgehead atoms. The Morgan fingerprint density at radius 3 is 1.57 bits per heavy atom. The van der Waals surface area contributed by atoms with Crippen LogP contribution in [0.4, 0.5) is 48.3 Å². The molecule has 0 spiro atoms. The van der Waals surface area contributed by atoms with E-state index in [-0.39, 0.29) is 18.2 Å². The highest BCUT2D eigenvalue weighted by Crippen LogP contribution is 2.58. The van der Waals surface area contributed by atoms with Crippen molar-refractivity contribution in [3.63, 3.8) is 0 Å². The number of thioether (sulfide) groups is 1. The fraction of sp³-hybridized carbons (Fsp3) is 0.900. The van der Waals surface area contributed by atoms with Gasteiger partial charge in [0.05, 0.1) is 0 Å². The molecule has 138 valence electrons. The molecule has 13 heteroatoms. The van der Waals surface area contributed by atoms with Crippen LogP contribution >= 0.6 is 11.8 Å². The van der Waals surface area contributed by atoms with Crippen LogP contribution in [-0.4, -0.2) is 40.7 Å². The molecule has 0 atom stereocenters. The van der Waals surface area contributed by atoms with Gasteiger partial charge in [0, 0.05) is 18.6 Å². The van der Waals surface area contributed by atoms with Gasteiger partial charge in [-0.15, -0.1) is 0 Å². The molecule has 0 aromatic heterocycles. The zero-order valence-corrected chi connectivity index (χ0v) is 11.9. The molecule has 0 fully saturated rings. The zero-order chi connectivity index (χ0) is 18.9. The lowest BCUT2D eigenvalue weighted by Crippen LogP contribution is -2.66. The van der Waals surface area contributed by atoms with Gasteiger partial charge in [0.2, 0.25) is 0 Å². The average Bonchev–Trinajstić information content (AvgIpc) is 2.36. The Kier molecular flexibility index (Phi) is 6.41. The number of alkyl halides is 11. The first-order valence-corrected chi connectivity index (χ1v) is 6.68. The standard InChI is InChI=1S/C10H9F11OS/c1-2-5(22)23-4-3-6(11,12)7(13,14)8(15,16)9(17,18)10(19,20)21/h2-4H2,1H3. The number of hydrogen-bond donors (Lipinski definition) is 0. The van der Waals surface area contributed by atoms with E-state index in [0.29, 0.717) is 0 Å². The van der Waals surface area contributed by atoms with E-state index in [0.717, 1.165) is 0 Å². The van der Waals surface area contributed by atoms with E-state index < -0.39 is 47.2 Å². The molecule has 0 N–H and O–H groups in total. The van der Waals surface area contributed by atoms with Crippen molar-refractivity contribution in [2.45, 2.75) is 49.6 Å². The molecule has 1 nitrogen and oxygen atoms in total. The second-order valence-electron chi connectivity index (χ2n) is 4.25. The van der Waals surface area contributed by atoms with Crippen LogP contribution in [-0.2, 0) is 4.79 Å². The van der Waals surface area contributed by atoms with Crippen LogP contribution in [0.2, 0.25) is 0 Å². The van der Waals surface area contributed by atoms with Gasteiger partial charge < -0.3 is 0 Å². The number of carbonyl (C=O) groups excluding carboxylic acids is 1. The summed E-state index contributed by atoms with van der Waals surface area (Å²) in [7, 11) is 0. The van der Waals surface area contributed by atoms with Crippen LogP contribution in [0.1, 0.15) is 19.8 Å². The molecular formula is C10H9F11OS. The molecule has 0 unspecified atom stereocenters. The van der Waals surface area contributed by atoms with E-state index in [1.807, 2.05) is 0 Å². The topological polar surface area (TPSA) is 17.1 Å². The Morgan fingerprint density at radius 2 is 1.22 bits per heavy atom. The number of rotatable bonds is 7. The average molecular weight is 386 g/mol. The molecule has 0 heterocycles. The van der Waals surface area contributed by atoms with Gasteiger partial charge in [0.15, 0.2) is 5.12 Å². The van der Waals surface area contributed by atoms with Crippen LogP contribution in [0.15, 0.2) is 0 Å². The maximum Gasteiger partial charge on any atom is 0.460 e. The second kappa shape index (κ2) is 6.63. The van der Waals surface area contributed by atoms with Crippen LogP contribution in [0.3, 0.4) is 0 Å². The quantitative estimate of drug-likeness (QED) is 0.563. The Morgan fingerprint density at radius 1 is 0.783 bits per heavy atom. The third kappa shape index (κ3) is 4.02. The Labute approximate surface area is 126 Å². The normalized spacial score (nSPS) is 15.0. The lowest BCUT2D eigenvalue weighted by molar-refractivity contribution is -0.422. The fourth-order valence-corrected chi connectivity index (χ4v) is 1.95. The van der Waals surface area contributed by atoms with Crippen molar-refractivity contribution in [2.75, 3.05) is 5.75 Å². The first-order valence-electron chi connectivity index (χ1n) is 5.69. The molecule has 0 aliphatic rings. The maximum absolute atomic E-state index is 13.1. The van der Waals surface area contributed by atoms with Gasteiger partial charge in [-0.25, -0.2) is 0 Å². The van der Waals surface area contributed by atoms with Crippen LogP contribution in [0.25, 0.3) is 0 Å². The second-order valence-corrected chi connectivity index (χ2v) is 5.40. The van der Waals surface area contributed by atoms with E-state index in [1.165, 1.54) is 6.92 Å². The van der Waals surface area contributed by atoms with Gasteiger partial charge in [-0.2, -0.15) is 48.3 Å². The van der Waals surface area contributed by atoms with Gasteiger partial charge in [-0.3, -0.25) is 4.79 Å². The molecule has 0 saturated carbocycles. The van der Waals surface area contributed by atoms with Crippen molar-refractivity contribution < 1.29 is 53.1 Å². The van der Waals surface area contributed by atoms with Crippen molar-refractivity contribution in [3.8, 4) is 0 Å². The maximum atomic E-state index is 13.1. The molecule has 0 saturated heterocycles. The SMILES string of the molecule is CCC(=O)SCCC(F)(F)C(F)(F)C(F)(F)C(F)(F)C(F)(F)F. The summed E-state index contributed by atoms with van der Waals surface area (Å²) in [5, 5.41) is -0.781. The zero-order valence-electron chi connectivity index (χ0n) is 11.1. The Bertz CT molecular complexity index is 429. The summed E-state index contributed by atoms with van der Waals surface area (Å²) in [6.07, 6.45) is -9.57. The summed E-state index contributed by atoms with van der Waals surface area (Å²) in [4.78, 5) is 10.7. The summed E-state index contributed by atoms with van der Waals surface area (Å²) in [6, 6.07) is 0. The van der Waals surface area contributed by atoms with Gasteiger partial charge in [0.25, 0.3) is 0 Å². The lowest BCUT2D eigenvalue weighted by Gasteiger charge is -2.37. The summed E-state index contributed by atoms with van der Waals surface area (Å²) in [5.74, 6) is -28.8. The minimum Gasteiger partial charge on any atom is -0.287 e. The molecule has 0 aromatic carbocycles.